The summed E-state index contributed by atoms with van der Waals surface area (Å²) in [5.74, 6) is 2.13. The Morgan fingerprint density at radius 3 is 1.68 bits per heavy atom. The predicted molar refractivity (Wildman–Crippen MR) is 283 cm³/mol. The Labute approximate surface area is 439 Å². The Bertz CT molecular complexity index is 2260. The van der Waals surface area contributed by atoms with Crippen molar-refractivity contribution in [2.45, 2.75) is 105 Å². The van der Waals surface area contributed by atoms with Crippen LogP contribution < -0.4 is 29.0 Å². The number of carboxylic acid groups (broad SMARTS) is 1. The fourth-order valence-electron chi connectivity index (χ4n) is 7.66. The zero-order valence-corrected chi connectivity index (χ0v) is 44.5. The fourth-order valence-corrected chi connectivity index (χ4v) is 7.66. The Balaban J connectivity index is 0.974. The maximum atomic E-state index is 12.3. The third-order valence-corrected chi connectivity index (χ3v) is 11.7. The highest BCUT2D eigenvalue weighted by molar-refractivity contribution is 5.73. The molecule has 1 heterocycles. The largest absolute Gasteiger partial charge is 0.493 e. The standard InChI is InChI=1S/C59H81NO14/c1-58(2,3)50-21-23-51(49(39-50)43-60-42-46-16-18-47(19-17-46)45-74-57(63)41-59(4,5)40-56(61)62)69-25-13-9-7-6-8-12-24-68-44-48-20-22-54-55(38-48)73-37-33-67-29-28-65-31-35-71-53-15-11-10-14-52(53)70-34-30-64-26-27-66-32-36-72-54/h6-7,10-11,14-23,38-39,60H,8-9,12-13,24-37,40-45H2,1-5H3,(H,61,62)/b7-6+. The molecule has 406 valence electrons. The van der Waals surface area contributed by atoms with E-state index in [0.29, 0.717) is 135 Å². The average Bonchev–Trinajstić information content (AvgIpc) is 3.36. The monoisotopic (exact) mass is 1030 g/mol. The number of esters is 1. The molecule has 0 amide bonds. The lowest BCUT2D eigenvalue weighted by atomic mass is 9.86. The van der Waals surface area contributed by atoms with Gasteiger partial charge in [-0.05, 0) is 89.1 Å². The van der Waals surface area contributed by atoms with Crippen LogP contribution >= 0.6 is 0 Å². The summed E-state index contributed by atoms with van der Waals surface area (Å²) < 4.78 is 64.6. The number of rotatable bonds is 21. The lowest BCUT2D eigenvalue weighted by molar-refractivity contribution is -0.148. The Morgan fingerprint density at radius 2 is 1.09 bits per heavy atom. The molecule has 0 bridgehead atoms. The van der Waals surface area contributed by atoms with E-state index in [1.807, 2.05) is 66.7 Å². The number of unbranched alkanes of at least 4 members (excludes halogenated alkanes) is 2. The molecular weight excluding hydrogens is 947 g/mol. The van der Waals surface area contributed by atoms with Crippen molar-refractivity contribution in [1.29, 1.82) is 0 Å². The van der Waals surface area contributed by atoms with Crippen LogP contribution in [-0.2, 0) is 69.7 Å². The molecule has 0 aliphatic carbocycles. The topological polar surface area (TPSA) is 168 Å². The van der Waals surface area contributed by atoms with Crippen molar-refractivity contribution in [3.05, 3.63) is 125 Å². The number of ether oxygens (including phenoxy) is 11. The molecule has 0 fully saturated rings. The summed E-state index contributed by atoms with van der Waals surface area (Å²) in [6.07, 6.45) is 8.04. The first kappa shape index (κ1) is 59.2. The average molecular weight is 1030 g/mol. The second-order valence-electron chi connectivity index (χ2n) is 19.8. The van der Waals surface area contributed by atoms with Crippen LogP contribution in [0.25, 0.3) is 0 Å². The lowest BCUT2D eigenvalue weighted by Gasteiger charge is -2.22. The maximum Gasteiger partial charge on any atom is 0.306 e. The predicted octanol–water partition coefficient (Wildman–Crippen LogP) is 10.2. The van der Waals surface area contributed by atoms with Gasteiger partial charge in [-0.1, -0.05) is 101 Å². The number of fused-ring (bicyclic) bond motifs is 2. The molecule has 1 aliphatic rings. The van der Waals surface area contributed by atoms with Gasteiger partial charge < -0.3 is 62.5 Å². The number of carbonyl (C=O) groups excluding carboxylic acids is 1. The number of para-hydroxylation sites is 2. The quantitative estimate of drug-likeness (QED) is 0.0459. The summed E-state index contributed by atoms with van der Waals surface area (Å²) in [7, 11) is 0. The molecule has 2 N–H and O–H groups in total. The van der Waals surface area contributed by atoms with Crippen LogP contribution in [0.2, 0.25) is 0 Å². The van der Waals surface area contributed by atoms with E-state index in [0.717, 1.165) is 53.7 Å². The number of benzene rings is 4. The number of carboxylic acids is 1. The minimum atomic E-state index is -0.932. The second-order valence-corrected chi connectivity index (χ2v) is 19.8. The van der Waals surface area contributed by atoms with Gasteiger partial charge in [-0.15, -0.1) is 0 Å². The number of hydrogen-bond acceptors (Lipinski definition) is 14. The highest BCUT2D eigenvalue weighted by Crippen LogP contribution is 2.31. The lowest BCUT2D eigenvalue weighted by Crippen LogP contribution is -2.22. The van der Waals surface area contributed by atoms with E-state index < -0.39 is 17.4 Å². The molecule has 0 saturated carbocycles. The third kappa shape index (κ3) is 24.1. The molecule has 15 nitrogen and oxygen atoms in total. The van der Waals surface area contributed by atoms with Gasteiger partial charge in [0.15, 0.2) is 23.0 Å². The van der Waals surface area contributed by atoms with Crippen molar-refractivity contribution in [3.8, 4) is 28.7 Å². The summed E-state index contributed by atoms with van der Waals surface area (Å²) in [4.78, 5) is 23.4. The van der Waals surface area contributed by atoms with Gasteiger partial charge in [0, 0.05) is 25.3 Å². The Hall–Kier alpha value is -5.68. The van der Waals surface area contributed by atoms with E-state index in [4.69, 9.17) is 57.2 Å². The molecule has 5 rings (SSSR count). The van der Waals surface area contributed by atoms with Gasteiger partial charge in [0.05, 0.1) is 78.9 Å². The normalized spacial score (nSPS) is 15.0. The molecular formula is C59H81NO14. The highest BCUT2D eigenvalue weighted by atomic mass is 16.6. The molecule has 0 aromatic heterocycles. The van der Waals surface area contributed by atoms with Gasteiger partial charge in [-0.2, -0.15) is 0 Å². The van der Waals surface area contributed by atoms with Crippen molar-refractivity contribution in [1.82, 2.24) is 5.32 Å². The first-order valence-corrected chi connectivity index (χ1v) is 26.0. The van der Waals surface area contributed by atoms with Crippen molar-refractivity contribution in [3.63, 3.8) is 0 Å². The van der Waals surface area contributed by atoms with E-state index in [-0.39, 0.29) is 24.9 Å². The third-order valence-electron chi connectivity index (χ3n) is 11.7. The number of hydrogen-bond donors (Lipinski definition) is 2. The van der Waals surface area contributed by atoms with E-state index >= 15 is 0 Å². The molecule has 0 atom stereocenters. The van der Waals surface area contributed by atoms with Gasteiger partial charge in [0.2, 0.25) is 0 Å². The van der Waals surface area contributed by atoms with Gasteiger partial charge >= 0.3 is 11.9 Å². The van der Waals surface area contributed by atoms with Crippen molar-refractivity contribution >= 4 is 11.9 Å². The number of allylic oxidation sites excluding steroid dienone is 2. The van der Waals surface area contributed by atoms with Gasteiger partial charge in [0.1, 0.15) is 38.8 Å². The van der Waals surface area contributed by atoms with Gasteiger partial charge in [-0.3, -0.25) is 9.59 Å². The van der Waals surface area contributed by atoms with Crippen molar-refractivity contribution in [2.75, 3.05) is 92.5 Å². The zero-order valence-electron chi connectivity index (χ0n) is 44.5. The highest BCUT2D eigenvalue weighted by Gasteiger charge is 2.26. The Kier molecular flexibility index (Phi) is 26.6. The summed E-state index contributed by atoms with van der Waals surface area (Å²) in [5, 5.41) is 12.7. The molecule has 0 spiro atoms. The zero-order chi connectivity index (χ0) is 52.7. The second kappa shape index (κ2) is 33.3. The van der Waals surface area contributed by atoms with Crippen LogP contribution in [0, 0.1) is 5.41 Å². The van der Waals surface area contributed by atoms with Crippen LogP contribution in [0.15, 0.2) is 97.1 Å². The Morgan fingerprint density at radius 1 is 0.568 bits per heavy atom. The molecule has 1 aliphatic heterocycles. The van der Waals surface area contributed by atoms with E-state index in [1.54, 1.807) is 13.8 Å². The minimum Gasteiger partial charge on any atom is -0.493 e. The number of nitrogens with one attached hydrogen (secondary N) is 1. The van der Waals surface area contributed by atoms with Crippen LogP contribution in [-0.4, -0.2) is 110 Å². The molecule has 0 saturated heterocycles. The number of aliphatic carboxylic acids is 1. The summed E-state index contributed by atoms with van der Waals surface area (Å²) in [5.41, 5.74) is 4.66. The van der Waals surface area contributed by atoms with E-state index in [2.05, 4.69) is 56.4 Å². The summed E-state index contributed by atoms with van der Waals surface area (Å²) in [6, 6.07) is 27.8. The fraction of sp³-hybridized carbons (Fsp3) is 0.525. The molecule has 4 aromatic rings. The number of carbonyl (C=O) groups is 2. The minimum absolute atomic E-state index is 0.000150. The van der Waals surface area contributed by atoms with E-state index in [9.17, 15) is 9.59 Å². The molecule has 74 heavy (non-hydrogen) atoms. The van der Waals surface area contributed by atoms with Crippen LogP contribution in [0.5, 0.6) is 28.7 Å². The first-order valence-electron chi connectivity index (χ1n) is 26.0. The van der Waals surface area contributed by atoms with Crippen LogP contribution in [0.1, 0.15) is 101 Å². The maximum absolute atomic E-state index is 12.3. The van der Waals surface area contributed by atoms with Crippen molar-refractivity contribution < 1.29 is 66.8 Å². The SMILES string of the molecule is CC(C)(CC(=O)O)CC(=O)OCc1ccc(CNCc2cc(C(C)(C)C)ccc2OCCC/C=C/CCCOCc2ccc3c(c2)OCCOCCOCCOc2ccccc2OCCOCCOCCO3)cc1. The van der Waals surface area contributed by atoms with Crippen LogP contribution in [0.4, 0.5) is 0 Å². The summed E-state index contributed by atoms with van der Waals surface area (Å²) in [6.45, 7) is 18.2. The van der Waals surface area contributed by atoms with Gasteiger partial charge in [-0.25, -0.2) is 0 Å². The molecule has 0 unspecified atom stereocenters. The molecule has 0 radical (unpaired) electrons. The van der Waals surface area contributed by atoms with Crippen LogP contribution in [0.3, 0.4) is 0 Å². The van der Waals surface area contributed by atoms with E-state index in [1.165, 1.54) is 5.56 Å². The van der Waals surface area contributed by atoms with Crippen molar-refractivity contribution in [2.24, 2.45) is 5.41 Å². The molecule has 4 aromatic carbocycles. The molecule has 15 heteroatoms. The smallest absolute Gasteiger partial charge is 0.306 e. The summed E-state index contributed by atoms with van der Waals surface area (Å²) >= 11 is 0. The first-order chi connectivity index (χ1) is 35.8. The van der Waals surface area contributed by atoms with Gasteiger partial charge in [0.25, 0.3) is 0 Å².